The Bertz CT molecular complexity index is 686. The maximum Gasteiger partial charge on any atom is 0.156 e. The van der Waals surface area contributed by atoms with Gasteiger partial charge in [0.25, 0.3) is 0 Å². The van der Waals surface area contributed by atoms with Gasteiger partial charge < -0.3 is 10.1 Å². The summed E-state index contributed by atoms with van der Waals surface area (Å²) in [6, 6.07) is 7.09. The van der Waals surface area contributed by atoms with E-state index < -0.39 is 0 Å². The molecule has 0 unspecified atom stereocenters. The quantitative estimate of drug-likeness (QED) is 0.722. The summed E-state index contributed by atoms with van der Waals surface area (Å²) >= 11 is 0. The molecule has 1 aromatic carbocycles. The van der Waals surface area contributed by atoms with Gasteiger partial charge >= 0.3 is 0 Å². The Balaban J connectivity index is 2.19. The molecule has 0 spiro atoms. The van der Waals surface area contributed by atoms with E-state index in [0.717, 1.165) is 34.4 Å². The molecule has 90 valence electrons. The monoisotopic (exact) mass is 239 g/mol. The van der Waals surface area contributed by atoms with Gasteiger partial charge in [-0.15, -0.1) is 0 Å². The zero-order chi connectivity index (χ0) is 12.5. The Labute approximate surface area is 104 Å². The number of H-pyrrole nitrogens is 1. The lowest BCUT2D eigenvalue weighted by Gasteiger charge is -2.00. The molecule has 4 nitrogen and oxygen atoms in total. The van der Waals surface area contributed by atoms with Crippen molar-refractivity contribution in [2.24, 2.45) is 0 Å². The van der Waals surface area contributed by atoms with Crippen LogP contribution in [0.15, 0.2) is 36.7 Å². The molecular formula is C14H13N3O. The van der Waals surface area contributed by atoms with Crippen LogP contribution in [0, 0.1) is 0 Å². The second kappa shape index (κ2) is 4.14. The average molecular weight is 239 g/mol. The zero-order valence-electron chi connectivity index (χ0n) is 10.0. The first-order chi connectivity index (χ1) is 8.78. The molecule has 2 aromatic heterocycles. The molecular weight excluding hydrogens is 226 g/mol. The van der Waals surface area contributed by atoms with Crippen LogP contribution in [-0.4, -0.2) is 20.1 Å². The summed E-state index contributed by atoms with van der Waals surface area (Å²) in [7, 11) is 0. The number of nitrogens with one attached hydrogen (secondary N) is 1. The third kappa shape index (κ3) is 1.72. The van der Waals surface area contributed by atoms with E-state index in [-0.39, 0.29) is 5.75 Å². The molecule has 0 fully saturated rings. The number of hydrogen-bond donors (Lipinski definition) is 2. The Hall–Kier alpha value is -2.36. The zero-order valence-corrected chi connectivity index (χ0v) is 10.0. The van der Waals surface area contributed by atoms with Crippen molar-refractivity contribution in [1.29, 1.82) is 0 Å². The molecule has 0 bridgehead atoms. The smallest absolute Gasteiger partial charge is 0.156 e. The Kier molecular flexibility index (Phi) is 2.48. The van der Waals surface area contributed by atoms with E-state index in [1.165, 1.54) is 0 Å². The van der Waals surface area contributed by atoms with E-state index >= 15 is 0 Å². The maximum absolute atomic E-state index is 9.31. The first kappa shape index (κ1) is 10.8. The summed E-state index contributed by atoms with van der Waals surface area (Å²) in [5, 5.41) is 9.31. The van der Waals surface area contributed by atoms with Crippen molar-refractivity contribution in [3.63, 3.8) is 0 Å². The molecule has 2 N–H and O–H groups in total. The highest BCUT2D eigenvalue weighted by Gasteiger charge is 2.09. The molecule has 0 atom stereocenters. The highest BCUT2D eigenvalue weighted by Crippen LogP contribution is 2.27. The van der Waals surface area contributed by atoms with E-state index in [2.05, 4.69) is 21.9 Å². The van der Waals surface area contributed by atoms with Gasteiger partial charge in [-0.3, -0.25) is 0 Å². The molecule has 0 saturated carbocycles. The van der Waals surface area contributed by atoms with E-state index in [0.29, 0.717) is 0 Å². The maximum atomic E-state index is 9.31. The van der Waals surface area contributed by atoms with Crippen molar-refractivity contribution in [1.82, 2.24) is 15.0 Å². The lowest BCUT2D eigenvalue weighted by Crippen LogP contribution is -1.90. The van der Waals surface area contributed by atoms with Crippen LogP contribution in [0.2, 0.25) is 0 Å². The molecule has 3 rings (SSSR count). The summed E-state index contributed by atoms with van der Waals surface area (Å²) in [5.41, 5.74) is 4.66. The third-order valence-electron chi connectivity index (χ3n) is 2.97. The third-order valence-corrected chi connectivity index (χ3v) is 2.97. The van der Waals surface area contributed by atoms with Crippen molar-refractivity contribution in [2.45, 2.75) is 13.3 Å². The van der Waals surface area contributed by atoms with Crippen LogP contribution in [-0.2, 0) is 6.42 Å². The lowest BCUT2D eigenvalue weighted by molar-refractivity contribution is 0.475. The van der Waals surface area contributed by atoms with Crippen molar-refractivity contribution in [3.05, 3.63) is 42.4 Å². The van der Waals surface area contributed by atoms with Crippen molar-refractivity contribution in [2.75, 3.05) is 0 Å². The van der Waals surface area contributed by atoms with Crippen molar-refractivity contribution in [3.8, 4) is 16.9 Å². The van der Waals surface area contributed by atoms with Crippen molar-refractivity contribution >= 4 is 11.2 Å². The fourth-order valence-electron chi connectivity index (χ4n) is 1.96. The number of fused-ring (bicyclic) bond motifs is 1. The van der Waals surface area contributed by atoms with Crippen LogP contribution in [0.5, 0.6) is 5.75 Å². The predicted octanol–water partition coefficient (Wildman–Crippen LogP) is 2.89. The average Bonchev–Trinajstić information content (AvgIpc) is 2.82. The topological polar surface area (TPSA) is 61.8 Å². The summed E-state index contributed by atoms with van der Waals surface area (Å²) in [6.45, 7) is 2.06. The van der Waals surface area contributed by atoms with Crippen molar-refractivity contribution < 1.29 is 5.11 Å². The van der Waals surface area contributed by atoms with Gasteiger partial charge in [-0.1, -0.05) is 19.1 Å². The number of phenolic OH excluding ortho intramolecular Hbond substituents is 1. The van der Waals surface area contributed by atoms with Gasteiger partial charge in [0.2, 0.25) is 0 Å². The van der Waals surface area contributed by atoms with Gasteiger partial charge in [0, 0.05) is 11.8 Å². The summed E-state index contributed by atoms with van der Waals surface area (Å²) in [6.07, 6.45) is 4.55. The summed E-state index contributed by atoms with van der Waals surface area (Å²) in [4.78, 5) is 12.1. The summed E-state index contributed by atoms with van der Waals surface area (Å²) in [5.74, 6) is 0.263. The van der Waals surface area contributed by atoms with Gasteiger partial charge in [-0.05, 0) is 24.1 Å². The number of aromatic amines is 1. The van der Waals surface area contributed by atoms with E-state index in [9.17, 15) is 5.11 Å². The Morgan fingerprint density at radius 3 is 2.72 bits per heavy atom. The Morgan fingerprint density at radius 2 is 2.00 bits per heavy atom. The number of aryl methyl sites for hydroxylation is 1. The Morgan fingerprint density at radius 1 is 1.22 bits per heavy atom. The number of aromatic nitrogens is 3. The van der Waals surface area contributed by atoms with E-state index in [4.69, 9.17) is 0 Å². The first-order valence-electron chi connectivity index (χ1n) is 5.90. The largest absolute Gasteiger partial charge is 0.508 e. The second-order valence-electron chi connectivity index (χ2n) is 4.16. The number of hydrogen-bond acceptors (Lipinski definition) is 3. The van der Waals surface area contributed by atoms with Crippen LogP contribution in [0.1, 0.15) is 12.6 Å². The fourth-order valence-corrected chi connectivity index (χ4v) is 1.96. The van der Waals surface area contributed by atoms with Gasteiger partial charge in [-0.25, -0.2) is 9.97 Å². The van der Waals surface area contributed by atoms with Gasteiger partial charge in [-0.2, -0.15) is 0 Å². The van der Waals surface area contributed by atoms with Gasteiger partial charge in [0.1, 0.15) is 11.3 Å². The molecule has 3 aromatic rings. The van der Waals surface area contributed by atoms with E-state index in [1.54, 1.807) is 18.3 Å². The molecule has 0 aliphatic heterocycles. The second-order valence-corrected chi connectivity index (χ2v) is 4.16. The molecule has 0 aliphatic rings. The molecule has 0 amide bonds. The lowest BCUT2D eigenvalue weighted by atomic mass is 10.1. The van der Waals surface area contributed by atoms with Crippen LogP contribution in [0.25, 0.3) is 22.3 Å². The first-order valence-corrected chi connectivity index (χ1v) is 5.90. The minimum Gasteiger partial charge on any atom is -0.508 e. The molecule has 18 heavy (non-hydrogen) atoms. The molecule has 4 heteroatoms. The van der Waals surface area contributed by atoms with Gasteiger partial charge in [0.05, 0.1) is 11.9 Å². The molecule has 0 saturated heterocycles. The number of benzene rings is 1. The predicted molar refractivity (Wildman–Crippen MR) is 70.4 cm³/mol. The minimum atomic E-state index is 0.263. The summed E-state index contributed by atoms with van der Waals surface area (Å²) < 4.78 is 0. The fraction of sp³-hybridized carbons (Fsp3) is 0.143. The normalized spacial score (nSPS) is 10.9. The highest BCUT2D eigenvalue weighted by atomic mass is 16.3. The highest BCUT2D eigenvalue weighted by molar-refractivity contribution is 5.90. The van der Waals surface area contributed by atoms with Crippen LogP contribution >= 0.6 is 0 Å². The van der Waals surface area contributed by atoms with Crippen LogP contribution < -0.4 is 0 Å². The molecule has 0 radical (unpaired) electrons. The number of rotatable bonds is 2. The van der Waals surface area contributed by atoms with Crippen LogP contribution in [0.3, 0.4) is 0 Å². The number of nitrogens with zero attached hydrogens (tertiary/aromatic N) is 2. The molecule has 0 aliphatic carbocycles. The SMILES string of the molecule is CCc1cnc2[nH]cc(-c3ccc(O)cc3)c2n1. The van der Waals surface area contributed by atoms with E-state index in [1.807, 2.05) is 18.3 Å². The van der Waals surface area contributed by atoms with Crippen LogP contribution in [0.4, 0.5) is 0 Å². The molecule has 2 heterocycles. The number of phenols is 1. The number of aromatic hydroxyl groups is 1. The van der Waals surface area contributed by atoms with Gasteiger partial charge in [0.15, 0.2) is 5.65 Å². The standard InChI is InChI=1S/C14H13N3O/c1-2-10-7-15-14-13(17-10)12(8-16-14)9-3-5-11(18)6-4-9/h3-8,18H,2H2,1H3,(H,15,16). The minimum absolute atomic E-state index is 0.263.